The number of aryl methyl sites for hydroxylation is 1. The van der Waals surface area contributed by atoms with E-state index in [1.165, 1.54) is 10.5 Å². The van der Waals surface area contributed by atoms with Gasteiger partial charge in [0.25, 0.3) is 10.0 Å². The number of H-pyrrole nitrogens is 1. The Morgan fingerprint density at radius 1 is 1.56 bits per heavy atom. The lowest BCUT2D eigenvalue weighted by Crippen LogP contribution is -2.37. The molecule has 0 aliphatic heterocycles. The summed E-state index contributed by atoms with van der Waals surface area (Å²) >= 11 is 0. The minimum absolute atomic E-state index is 0.0889. The number of hydrogen-bond donors (Lipinski definition) is 1. The number of nitrogens with zero attached hydrogens (tertiary/aromatic N) is 3. The van der Waals surface area contributed by atoms with Gasteiger partial charge < -0.3 is 4.98 Å². The zero-order valence-electron chi connectivity index (χ0n) is 10.8. The summed E-state index contributed by atoms with van der Waals surface area (Å²) in [4.78, 5) is 6.79. The summed E-state index contributed by atoms with van der Waals surface area (Å²) in [6, 6.07) is 1.76. The molecule has 0 aliphatic carbocycles. The fraction of sp³-hybridized carbons (Fsp3) is 0.636. The number of aromatic amines is 1. The van der Waals surface area contributed by atoms with E-state index in [4.69, 9.17) is 5.26 Å². The predicted molar refractivity (Wildman–Crippen MR) is 67.2 cm³/mol. The van der Waals surface area contributed by atoms with Crippen LogP contribution in [0.5, 0.6) is 0 Å². The van der Waals surface area contributed by atoms with Crippen LogP contribution >= 0.6 is 0 Å². The monoisotopic (exact) mass is 270 g/mol. The van der Waals surface area contributed by atoms with E-state index in [2.05, 4.69) is 9.97 Å². The summed E-state index contributed by atoms with van der Waals surface area (Å²) in [5.41, 5.74) is 0. The molecule has 0 unspecified atom stereocenters. The van der Waals surface area contributed by atoms with Crippen LogP contribution in [0, 0.1) is 11.3 Å². The summed E-state index contributed by atoms with van der Waals surface area (Å²) in [6.07, 6.45) is 2.15. The van der Waals surface area contributed by atoms with Gasteiger partial charge in [-0.15, -0.1) is 0 Å². The average Bonchev–Trinajstić information content (AvgIpc) is 2.77. The first-order valence-electron chi connectivity index (χ1n) is 5.86. The molecule has 1 heterocycles. The minimum Gasteiger partial charge on any atom is -0.332 e. The number of nitriles is 1. The van der Waals surface area contributed by atoms with E-state index in [-0.39, 0.29) is 24.0 Å². The van der Waals surface area contributed by atoms with Gasteiger partial charge >= 0.3 is 0 Å². The number of sulfonamides is 1. The second-order valence-electron chi connectivity index (χ2n) is 4.17. The highest BCUT2D eigenvalue weighted by atomic mass is 32.2. The third kappa shape index (κ3) is 3.09. The van der Waals surface area contributed by atoms with E-state index in [0.717, 1.165) is 0 Å². The van der Waals surface area contributed by atoms with Gasteiger partial charge in [0.2, 0.25) is 0 Å². The lowest BCUT2D eigenvalue weighted by molar-refractivity contribution is 0.359. The number of rotatable bonds is 6. The summed E-state index contributed by atoms with van der Waals surface area (Å²) in [7, 11) is -3.60. The van der Waals surface area contributed by atoms with Gasteiger partial charge in [0.05, 0.1) is 12.3 Å². The van der Waals surface area contributed by atoms with Crippen molar-refractivity contribution < 1.29 is 8.42 Å². The number of imidazole rings is 1. The SMILES string of the molecule is CCc1ncc(S(=O)(=O)N(CCC#N)C(C)C)[nH]1. The molecule has 1 rings (SSSR count). The molecule has 0 fully saturated rings. The third-order valence-corrected chi connectivity index (χ3v) is 4.53. The molecule has 0 bridgehead atoms. The largest absolute Gasteiger partial charge is 0.332 e. The van der Waals surface area contributed by atoms with Crippen molar-refractivity contribution in [2.75, 3.05) is 6.54 Å². The molecule has 0 radical (unpaired) electrons. The van der Waals surface area contributed by atoms with Gasteiger partial charge in [0.15, 0.2) is 5.03 Å². The van der Waals surface area contributed by atoms with Crippen LogP contribution in [0.3, 0.4) is 0 Å². The van der Waals surface area contributed by atoms with E-state index < -0.39 is 10.0 Å². The summed E-state index contributed by atoms with van der Waals surface area (Å²) < 4.78 is 26.0. The normalized spacial score (nSPS) is 12.0. The highest BCUT2D eigenvalue weighted by molar-refractivity contribution is 7.89. The predicted octanol–water partition coefficient (Wildman–Crippen LogP) is 1.28. The van der Waals surface area contributed by atoms with Gasteiger partial charge in [-0.3, -0.25) is 0 Å². The van der Waals surface area contributed by atoms with Crippen LogP contribution in [-0.4, -0.2) is 35.3 Å². The van der Waals surface area contributed by atoms with Crippen molar-refractivity contribution in [1.29, 1.82) is 5.26 Å². The molecule has 0 aromatic carbocycles. The molecule has 0 amide bonds. The van der Waals surface area contributed by atoms with Crippen LogP contribution in [0.25, 0.3) is 0 Å². The van der Waals surface area contributed by atoms with Crippen molar-refractivity contribution in [1.82, 2.24) is 14.3 Å². The maximum absolute atomic E-state index is 12.4. The first kappa shape index (κ1) is 14.7. The average molecular weight is 270 g/mol. The molecule has 1 N–H and O–H groups in total. The molecule has 18 heavy (non-hydrogen) atoms. The van der Waals surface area contributed by atoms with Crippen molar-refractivity contribution >= 4 is 10.0 Å². The topological polar surface area (TPSA) is 89.8 Å². The summed E-state index contributed by atoms with van der Waals surface area (Å²) in [6.45, 7) is 5.65. The Morgan fingerprint density at radius 2 is 2.22 bits per heavy atom. The van der Waals surface area contributed by atoms with Crippen molar-refractivity contribution in [3.8, 4) is 6.07 Å². The van der Waals surface area contributed by atoms with Crippen LogP contribution < -0.4 is 0 Å². The smallest absolute Gasteiger partial charge is 0.260 e. The molecule has 0 spiro atoms. The van der Waals surface area contributed by atoms with Crippen LogP contribution in [-0.2, 0) is 16.4 Å². The van der Waals surface area contributed by atoms with Crippen LogP contribution in [0.2, 0.25) is 0 Å². The number of aromatic nitrogens is 2. The number of nitrogens with one attached hydrogen (secondary N) is 1. The van der Waals surface area contributed by atoms with E-state index in [0.29, 0.717) is 12.2 Å². The van der Waals surface area contributed by atoms with Gasteiger partial charge in [-0.2, -0.15) is 9.57 Å². The van der Waals surface area contributed by atoms with E-state index >= 15 is 0 Å². The molecule has 0 saturated heterocycles. The van der Waals surface area contributed by atoms with Crippen LogP contribution in [0.15, 0.2) is 11.2 Å². The number of hydrogen-bond acceptors (Lipinski definition) is 4. The Balaban J connectivity index is 3.05. The molecule has 7 heteroatoms. The first-order valence-corrected chi connectivity index (χ1v) is 7.30. The second-order valence-corrected chi connectivity index (χ2v) is 6.02. The van der Waals surface area contributed by atoms with Gasteiger partial charge in [-0.05, 0) is 13.8 Å². The molecular weight excluding hydrogens is 252 g/mol. The Bertz CT molecular complexity index is 527. The molecule has 1 aromatic rings. The lowest BCUT2D eigenvalue weighted by atomic mass is 10.3. The Hall–Kier alpha value is -1.39. The molecular formula is C11H18N4O2S. The molecule has 100 valence electrons. The Labute approximate surface area is 108 Å². The highest BCUT2D eigenvalue weighted by Gasteiger charge is 2.28. The zero-order valence-corrected chi connectivity index (χ0v) is 11.7. The fourth-order valence-electron chi connectivity index (χ4n) is 1.60. The Kier molecular flexibility index (Phi) is 4.87. The fourth-order valence-corrected chi connectivity index (χ4v) is 3.17. The minimum atomic E-state index is -3.60. The quantitative estimate of drug-likeness (QED) is 0.843. The van der Waals surface area contributed by atoms with E-state index in [1.54, 1.807) is 13.8 Å². The van der Waals surface area contributed by atoms with Gasteiger partial charge in [0.1, 0.15) is 5.82 Å². The Morgan fingerprint density at radius 3 is 2.67 bits per heavy atom. The standard InChI is InChI=1S/C11H18N4O2S/c1-4-10-13-8-11(14-10)18(16,17)15(9(2)3)7-5-6-12/h8-9H,4-5,7H2,1-3H3,(H,13,14). The molecule has 1 aromatic heterocycles. The second kappa shape index (κ2) is 5.98. The van der Waals surface area contributed by atoms with Crippen molar-refractivity contribution in [2.45, 2.75) is 44.7 Å². The van der Waals surface area contributed by atoms with Crippen LogP contribution in [0.1, 0.15) is 33.0 Å². The summed E-state index contributed by atoms with van der Waals surface area (Å²) in [5.74, 6) is 0.637. The molecule has 0 saturated carbocycles. The first-order chi connectivity index (χ1) is 8.43. The summed E-state index contributed by atoms with van der Waals surface area (Å²) in [5, 5.41) is 8.67. The third-order valence-electron chi connectivity index (χ3n) is 2.55. The highest BCUT2D eigenvalue weighted by Crippen LogP contribution is 2.16. The van der Waals surface area contributed by atoms with E-state index in [1.807, 2.05) is 13.0 Å². The maximum Gasteiger partial charge on any atom is 0.260 e. The van der Waals surface area contributed by atoms with Crippen molar-refractivity contribution in [3.05, 3.63) is 12.0 Å². The van der Waals surface area contributed by atoms with Crippen molar-refractivity contribution in [3.63, 3.8) is 0 Å². The zero-order chi connectivity index (χ0) is 13.8. The van der Waals surface area contributed by atoms with Gasteiger partial charge in [-0.25, -0.2) is 13.4 Å². The molecule has 6 nitrogen and oxygen atoms in total. The van der Waals surface area contributed by atoms with Gasteiger partial charge in [0, 0.05) is 25.4 Å². The molecule has 0 aliphatic rings. The molecule has 0 atom stereocenters. The van der Waals surface area contributed by atoms with Crippen LogP contribution in [0.4, 0.5) is 0 Å². The van der Waals surface area contributed by atoms with Crippen molar-refractivity contribution in [2.24, 2.45) is 0 Å². The van der Waals surface area contributed by atoms with Gasteiger partial charge in [-0.1, -0.05) is 6.92 Å². The maximum atomic E-state index is 12.4. The lowest BCUT2D eigenvalue weighted by Gasteiger charge is -2.23. The van der Waals surface area contributed by atoms with E-state index in [9.17, 15) is 8.42 Å².